The average Bonchev–Trinajstić information content (AvgIpc) is 2.36. The minimum Gasteiger partial charge on any atom is -0.478 e. The van der Waals surface area contributed by atoms with E-state index in [4.69, 9.17) is 10.8 Å². The molecule has 0 amide bonds. The summed E-state index contributed by atoms with van der Waals surface area (Å²) < 4.78 is 23.1. The van der Waals surface area contributed by atoms with Gasteiger partial charge in [-0.1, -0.05) is 25.1 Å². The Balaban J connectivity index is 2.93. The van der Waals surface area contributed by atoms with Gasteiger partial charge in [0.1, 0.15) is 0 Å². The van der Waals surface area contributed by atoms with E-state index in [9.17, 15) is 13.2 Å². The lowest BCUT2D eigenvalue weighted by Crippen LogP contribution is -2.09. The molecule has 0 saturated heterocycles. The van der Waals surface area contributed by atoms with Crippen LogP contribution in [0.25, 0.3) is 0 Å². The van der Waals surface area contributed by atoms with Crippen molar-refractivity contribution in [2.24, 2.45) is 5.73 Å². The number of rotatable bonds is 5. The highest BCUT2D eigenvalue weighted by molar-refractivity contribution is 7.91. The molecule has 5 nitrogen and oxygen atoms in total. The Hall–Kier alpha value is -1.66. The number of sulfone groups is 1. The van der Waals surface area contributed by atoms with Gasteiger partial charge in [0.25, 0.3) is 0 Å². The molecule has 6 heteroatoms. The van der Waals surface area contributed by atoms with E-state index in [-0.39, 0.29) is 10.6 Å². The maximum absolute atomic E-state index is 11.6. The van der Waals surface area contributed by atoms with Crippen LogP contribution in [-0.4, -0.2) is 25.2 Å². The predicted molar refractivity (Wildman–Crippen MR) is 67.9 cm³/mol. The second-order valence-corrected chi connectivity index (χ2v) is 5.97. The highest BCUT2D eigenvalue weighted by atomic mass is 32.2. The fourth-order valence-electron chi connectivity index (χ4n) is 1.36. The van der Waals surface area contributed by atoms with Crippen molar-refractivity contribution in [2.45, 2.75) is 17.9 Å². The zero-order valence-electron chi connectivity index (χ0n) is 9.91. The van der Waals surface area contributed by atoms with Crippen molar-refractivity contribution in [2.75, 3.05) is 5.75 Å². The smallest absolute Gasteiger partial charge is 0.328 e. The number of carboxylic acids is 1. The molecule has 98 valence electrons. The Kier molecular flexibility index (Phi) is 4.63. The van der Waals surface area contributed by atoms with Crippen LogP contribution in [0.2, 0.25) is 0 Å². The van der Waals surface area contributed by atoms with Crippen molar-refractivity contribution in [3.63, 3.8) is 0 Å². The lowest BCUT2D eigenvalue weighted by molar-refractivity contribution is -0.131. The maximum atomic E-state index is 11.6. The summed E-state index contributed by atoms with van der Waals surface area (Å²) >= 11 is 0. The molecular weight excluding hydrogens is 254 g/mol. The molecule has 18 heavy (non-hydrogen) atoms. The second-order valence-electron chi connectivity index (χ2n) is 3.70. The van der Waals surface area contributed by atoms with Crippen molar-refractivity contribution in [3.05, 3.63) is 42.0 Å². The molecule has 0 aromatic heterocycles. The van der Waals surface area contributed by atoms with Gasteiger partial charge in [0.15, 0.2) is 9.84 Å². The molecule has 1 aromatic carbocycles. The fourth-order valence-corrected chi connectivity index (χ4v) is 2.25. The summed E-state index contributed by atoms with van der Waals surface area (Å²) in [5.41, 5.74) is 6.39. The Morgan fingerprint density at radius 1 is 1.39 bits per heavy atom. The van der Waals surface area contributed by atoms with E-state index in [1.807, 2.05) is 0 Å². The molecule has 0 aliphatic heterocycles. The van der Waals surface area contributed by atoms with E-state index in [0.717, 1.165) is 6.08 Å². The van der Waals surface area contributed by atoms with Gasteiger partial charge in [0.05, 0.1) is 10.6 Å². The summed E-state index contributed by atoms with van der Waals surface area (Å²) in [5.74, 6) is -1.03. The number of benzene rings is 1. The summed E-state index contributed by atoms with van der Waals surface area (Å²) in [5, 5.41) is 8.47. The average molecular weight is 269 g/mol. The minimum absolute atomic E-state index is 0.0390. The molecule has 0 aliphatic carbocycles. The number of carbonyl (C=O) groups is 1. The predicted octanol–water partition coefficient (Wildman–Crippen LogP) is 1.12. The van der Waals surface area contributed by atoms with Gasteiger partial charge in [0.2, 0.25) is 0 Å². The van der Waals surface area contributed by atoms with E-state index < -0.39 is 21.8 Å². The quantitative estimate of drug-likeness (QED) is 0.781. The SMILES string of the molecule is CCS(=O)(=O)c1ccc(C(N)/C=C/C(=O)O)cc1. The van der Waals surface area contributed by atoms with Crippen molar-refractivity contribution < 1.29 is 18.3 Å². The van der Waals surface area contributed by atoms with Crippen LogP contribution in [0.4, 0.5) is 0 Å². The third-order valence-corrected chi connectivity index (χ3v) is 4.20. The topological polar surface area (TPSA) is 97.5 Å². The molecule has 0 aliphatic rings. The molecule has 0 saturated carbocycles. The third kappa shape index (κ3) is 3.68. The van der Waals surface area contributed by atoms with Gasteiger partial charge in [-0.25, -0.2) is 13.2 Å². The van der Waals surface area contributed by atoms with Gasteiger partial charge in [0, 0.05) is 12.1 Å². The molecule has 0 bridgehead atoms. The Morgan fingerprint density at radius 2 is 1.94 bits per heavy atom. The lowest BCUT2D eigenvalue weighted by Gasteiger charge is -2.08. The number of nitrogens with two attached hydrogens (primary N) is 1. The molecule has 0 radical (unpaired) electrons. The van der Waals surface area contributed by atoms with Crippen LogP contribution in [0.15, 0.2) is 41.3 Å². The number of carboxylic acid groups (broad SMARTS) is 1. The molecule has 1 atom stereocenters. The standard InChI is InChI=1S/C12H15NO4S/c1-2-18(16,17)10-5-3-9(4-6-10)11(13)7-8-12(14)15/h3-8,11H,2,13H2,1H3,(H,14,15)/b8-7+. The zero-order chi connectivity index (χ0) is 13.8. The highest BCUT2D eigenvalue weighted by Gasteiger charge is 2.11. The first-order valence-electron chi connectivity index (χ1n) is 5.36. The molecule has 1 aromatic rings. The Bertz CT molecular complexity index is 546. The van der Waals surface area contributed by atoms with Crippen LogP contribution in [0.1, 0.15) is 18.5 Å². The first-order chi connectivity index (χ1) is 8.36. The van der Waals surface area contributed by atoms with E-state index >= 15 is 0 Å². The van der Waals surface area contributed by atoms with Gasteiger partial charge in [-0.2, -0.15) is 0 Å². The van der Waals surface area contributed by atoms with Gasteiger partial charge >= 0.3 is 5.97 Å². The van der Waals surface area contributed by atoms with E-state index in [1.165, 1.54) is 18.2 Å². The molecule has 0 spiro atoms. The van der Waals surface area contributed by atoms with Gasteiger partial charge in [-0.15, -0.1) is 0 Å². The van der Waals surface area contributed by atoms with Gasteiger partial charge in [-0.05, 0) is 17.7 Å². The van der Waals surface area contributed by atoms with Crippen LogP contribution in [0.5, 0.6) is 0 Å². The first-order valence-corrected chi connectivity index (χ1v) is 7.01. The van der Waals surface area contributed by atoms with Gasteiger partial charge < -0.3 is 10.8 Å². The van der Waals surface area contributed by atoms with Crippen molar-refractivity contribution in [3.8, 4) is 0 Å². The maximum Gasteiger partial charge on any atom is 0.328 e. The monoisotopic (exact) mass is 269 g/mol. The fraction of sp³-hybridized carbons (Fsp3) is 0.250. The van der Waals surface area contributed by atoms with E-state index in [1.54, 1.807) is 19.1 Å². The summed E-state index contributed by atoms with van der Waals surface area (Å²) in [6.07, 6.45) is 2.30. The summed E-state index contributed by atoms with van der Waals surface area (Å²) in [7, 11) is -3.22. The lowest BCUT2D eigenvalue weighted by atomic mass is 10.1. The summed E-state index contributed by atoms with van der Waals surface area (Å²) in [6.45, 7) is 1.57. The molecule has 1 unspecified atom stereocenters. The third-order valence-electron chi connectivity index (χ3n) is 2.45. The molecule has 0 heterocycles. The van der Waals surface area contributed by atoms with Crippen molar-refractivity contribution in [1.29, 1.82) is 0 Å². The normalized spacial score (nSPS) is 13.7. The molecule has 3 N–H and O–H groups in total. The van der Waals surface area contributed by atoms with E-state index in [2.05, 4.69) is 0 Å². The summed E-state index contributed by atoms with van der Waals surface area (Å²) in [6, 6.07) is 5.55. The number of hydrogen-bond acceptors (Lipinski definition) is 4. The largest absolute Gasteiger partial charge is 0.478 e. The first kappa shape index (κ1) is 14.4. The zero-order valence-corrected chi connectivity index (χ0v) is 10.7. The van der Waals surface area contributed by atoms with Crippen LogP contribution in [0, 0.1) is 0 Å². The van der Waals surface area contributed by atoms with Crippen molar-refractivity contribution >= 4 is 15.8 Å². The minimum atomic E-state index is -3.22. The Labute approximate surface area is 106 Å². The van der Waals surface area contributed by atoms with Crippen molar-refractivity contribution in [1.82, 2.24) is 0 Å². The number of hydrogen-bond donors (Lipinski definition) is 2. The molecule has 0 fully saturated rings. The second kappa shape index (κ2) is 5.79. The van der Waals surface area contributed by atoms with Crippen LogP contribution in [0.3, 0.4) is 0 Å². The van der Waals surface area contributed by atoms with Crippen LogP contribution >= 0.6 is 0 Å². The van der Waals surface area contributed by atoms with E-state index in [0.29, 0.717) is 5.56 Å². The Morgan fingerprint density at radius 3 is 2.39 bits per heavy atom. The van der Waals surface area contributed by atoms with Gasteiger partial charge in [-0.3, -0.25) is 0 Å². The number of aliphatic carboxylic acids is 1. The summed E-state index contributed by atoms with van der Waals surface area (Å²) in [4.78, 5) is 10.6. The van der Waals surface area contributed by atoms with Crippen LogP contribution < -0.4 is 5.73 Å². The molecular formula is C12H15NO4S. The highest BCUT2D eigenvalue weighted by Crippen LogP contribution is 2.16. The van der Waals surface area contributed by atoms with Crippen LogP contribution in [-0.2, 0) is 14.6 Å². The molecule has 1 rings (SSSR count).